The zero-order valence-electron chi connectivity index (χ0n) is 13.8. The Morgan fingerprint density at radius 1 is 1.09 bits per heavy atom. The maximum atomic E-state index is 12.3. The number of ether oxygens (including phenoxy) is 2. The molecule has 0 bridgehead atoms. The van der Waals surface area contributed by atoms with Crippen LogP contribution in [0.3, 0.4) is 0 Å². The number of hydrogen-bond acceptors (Lipinski definition) is 3. The molecule has 2 heterocycles. The number of carbonyl (C=O) groups is 1. The van der Waals surface area contributed by atoms with Crippen LogP contribution in [0.25, 0.3) is 0 Å². The fraction of sp³-hybridized carbons (Fsp3) is 0.941. The van der Waals surface area contributed by atoms with Crippen LogP contribution in [0.2, 0.25) is 0 Å². The third-order valence-corrected chi connectivity index (χ3v) is 5.71. The minimum absolute atomic E-state index is 0.0884. The van der Waals surface area contributed by atoms with Crippen molar-refractivity contribution in [1.82, 2.24) is 10.2 Å². The predicted octanol–water partition coefficient (Wildman–Crippen LogP) is 2.75. The standard InChI is InChI=1S/C17H30N2O3/c1-2-14-3-5-15(6-4-14)13-18-16(20)19-9-7-17(8-10-19)21-11-12-22-17/h14-15H,2-13H2,1H3,(H,18,20). The van der Waals surface area contributed by atoms with E-state index in [1.54, 1.807) is 0 Å². The Balaban J connectivity index is 1.36. The number of carbonyl (C=O) groups excluding carboxylic acids is 1. The number of nitrogens with one attached hydrogen (secondary N) is 1. The van der Waals surface area contributed by atoms with Gasteiger partial charge in [-0.05, 0) is 24.7 Å². The van der Waals surface area contributed by atoms with Crippen molar-refractivity contribution >= 4 is 6.03 Å². The Morgan fingerprint density at radius 2 is 1.68 bits per heavy atom. The quantitative estimate of drug-likeness (QED) is 0.872. The molecule has 2 saturated heterocycles. The number of rotatable bonds is 3. The first-order valence-corrected chi connectivity index (χ1v) is 9.01. The fourth-order valence-corrected chi connectivity index (χ4v) is 4.02. The Kier molecular flexibility index (Phi) is 5.24. The van der Waals surface area contributed by atoms with Crippen molar-refractivity contribution in [2.75, 3.05) is 32.8 Å². The molecule has 0 aromatic heterocycles. The largest absolute Gasteiger partial charge is 0.347 e. The minimum atomic E-state index is -0.394. The lowest BCUT2D eigenvalue weighted by Crippen LogP contribution is -2.51. The van der Waals surface area contributed by atoms with Crippen LogP contribution in [0.15, 0.2) is 0 Å². The van der Waals surface area contributed by atoms with E-state index in [4.69, 9.17) is 9.47 Å². The molecule has 0 radical (unpaired) electrons. The molecule has 1 saturated carbocycles. The van der Waals surface area contributed by atoms with Crippen molar-refractivity contribution in [1.29, 1.82) is 0 Å². The summed E-state index contributed by atoms with van der Waals surface area (Å²) in [4.78, 5) is 14.2. The molecule has 0 unspecified atom stereocenters. The summed E-state index contributed by atoms with van der Waals surface area (Å²) in [5.41, 5.74) is 0. The average Bonchev–Trinajstić information content (AvgIpc) is 3.02. The number of nitrogens with zero attached hydrogens (tertiary/aromatic N) is 1. The Bertz CT molecular complexity index is 364. The molecule has 2 aliphatic heterocycles. The zero-order valence-corrected chi connectivity index (χ0v) is 13.8. The molecular weight excluding hydrogens is 280 g/mol. The van der Waals surface area contributed by atoms with E-state index >= 15 is 0 Å². The molecule has 5 heteroatoms. The van der Waals surface area contributed by atoms with Gasteiger partial charge >= 0.3 is 6.03 Å². The molecule has 2 amide bonds. The second-order valence-corrected chi connectivity index (χ2v) is 7.08. The number of likely N-dealkylation sites (tertiary alicyclic amines) is 1. The summed E-state index contributed by atoms with van der Waals surface area (Å²) < 4.78 is 11.4. The highest BCUT2D eigenvalue weighted by Crippen LogP contribution is 2.32. The SMILES string of the molecule is CCC1CCC(CNC(=O)N2CCC3(CC2)OCCO3)CC1. The smallest absolute Gasteiger partial charge is 0.317 e. The van der Waals surface area contributed by atoms with Crippen LogP contribution >= 0.6 is 0 Å². The first-order valence-electron chi connectivity index (χ1n) is 9.01. The Hall–Kier alpha value is -0.810. The molecule has 126 valence electrons. The van der Waals surface area contributed by atoms with Crippen LogP contribution in [0.1, 0.15) is 51.9 Å². The minimum Gasteiger partial charge on any atom is -0.347 e. The molecule has 0 atom stereocenters. The van der Waals surface area contributed by atoms with Gasteiger partial charge in [0.1, 0.15) is 0 Å². The van der Waals surface area contributed by atoms with E-state index in [0.717, 1.165) is 38.4 Å². The van der Waals surface area contributed by atoms with Gasteiger partial charge in [0.2, 0.25) is 0 Å². The van der Waals surface area contributed by atoms with Crippen LogP contribution < -0.4 is 5.32 Å². The van der Waals surface area contributed by atoms with Crippen molar-refractivity contribution < 1.29 is 14.3 Å². The van der Waals surface area contributed by atoms with Gasteiger partial charge < -0.3 is 19.7 Å². The molecular formula is C17H30N2O3. The second-order valence-electron chi connectivity index (χ2n) is 7.08. The molecule has 0 aromatic carbocycles. The van der Waals surface area contributed by atoms with Gasteiger partial charge in [-0.1, -0.05) is 26.2 Å². The van der Waals surface area contributed by atoms with Gasteiger partial charge in [0, 0.05) is 32.5 Å². The number of hydrogen-bond donors (Lipinski definition) is 1. The van der Waals surface area contributed by atoms with Crippen molar-refractivity contribution in [3.63, 3.8) is 0 Å². The van der Waals surface area contributed by atoms with Crippen LogP contribution in [0, 0.1) is 11.8 Å². The van der Waals surface area contributed by atoms with Gasteiger partial charge in [-0.3, -0.25) is 0 Å². The molecule has 1 spiro atoms. The lowest BCUT2D eigenvalue weighted by atomic mass is 9.81. The van der Waals surface area contributed by atoms with E-state index in [1.165, 1.54) is 32.1 Å². The normalized spacial score (nSPS) is 31.4. The molecule has 22 heavy (non-hydrogen) atoms. The lowest BCUT2D eigenvalue weighted by molar-refractivity contribution is -0.181. The van der Waals surface area contributed by atoms with Gasteiger partial charge in [0.25, 0.3) is 0 Å². The van der Waals surface area contributed by atoms with Gasteiger partial charge in [0.15, 0.2) is 5.79 Å². The van der Waals surface area contributed by atoms with E-state index in [0.29, 0.717) is 19.1 Å². The van der Waals surface area contributed by atoms with Crippen LogP contribution in [0.4, 0.5) is 4.79 Å². The summed E-state index contributed by atoms with van der Waals surface area (Å²) in [7, 11) is 0. The topological polar surface area (TPSA) is 50.8 Å². The highest BCUT2D eigenvalue weighted by molar-refractivity contribution is 5.74. The van der Waals surface area contributed by atoms with E-state index in [9.17, 15) is 4.79 Å². The van der Waals surface area contributed by atoms with Crippen molar-refractivity contribution in [2.45, 2.75) is 57.7 Å². The van der Waals surface area contributed by atoms with Crippen molar-refractivity contribution in [2.24, 2.45) is 11.8 Å². The highest BCUT2D eigenvalue weighted by Gasteiger charge is 2.40. The predicted molar refractivity (Wildman–Crippen MR) is 84.6 cm³/mol. The van der Waals surface area contributed by atoms with Gasteiger partial charge in [-0.15, -0.1) is 0 Å². The number of amides is 2. The molecule has 5 nitrogen and oxygen atoms in total. The first-order chi connectivity index (χ1) is 10.7. The summed E-state index contributed by atoms with van der Waals surface area (Å²) in [5, 5.41) is 3.14. The highest BCUT2D eigenvalue weighted by atomic mass is 16.7. The van der Waals surface area contributed by atoms with E-state index in [2.05, 4.69) is 12.2 Å². The zero-order chi connectivity index (χ0) is 15.4. The van der Waals surface area contributed by atoms with Crippen molar-refractivity contribution in [3.05, 3.63) is 0 Å². The molecule has 1 aliphatic carbocycles. The van der Waals surface area contributed by atoms with Crippen LogP contribution in [-0.2, 0) is 9.47 Å². The summed E-state index contributed by atoms with van der Waals surface area (Å²) in [6, 6.07) is 0.0884. The van der Waals surface area contributed by atoms with E-state index in [1.807, 2.05) is 4.90 Å². The average molecular weight is 310 g/mol. The number of urea groups is 1. The second kappa shape index (κ2) is 7.18. The Morgan fingerprint density at radius 3 is 2.27 bits per heavy atom. The summed E-state index contributed by atoms with van der Waals surface area (Å²) in [5.74, 6) is 1.19. The summed E-state index contributed by atoms with van der Waals surface area (Å²) >= 11 is 0. The molecule has 0 aromatic rings. The maximum absolute atomic E-state index is 12.3. The van der Waals surface area contributed by atoms with Gasteiger partial charge in [-0.25, -0.2) is 4.79 Å². The van der Waals surface area contributed by atoms with Crippen molar-refractivity contribution in [3.8, 4) is 0 Å². The van der Waals surface area contributed by atoms with E-state index < -0.39 is 5.79 Å². The molecule has 3 aliphatic rings. The third kappa shape index (κ3) is 3.74. The lowest BCUT2D eigenvalue weighted by Gasteiger charge is -2.37. The molecule has 3 fully saturated rings. The number of piperidine rings is 1. The molecule has 3 rings (SSSR count). The monoisotopic (exact) mass is 310 g/mol. The summed E-state index contributed by atoms with van der Waals surface area (Å²) in [6.07, 6.45) is 8.09. The third-order valence-electron chi connectivity index (χ3n) is 5.71. The fourth-order valence-electron chi connectivity index (χ4n) is 4.02. The van der Waals surface area contributed by atoms with Crippen LogP contribution in [-0.4, -0.2) is 49.6 Å². The van der Waals surface area contributed by atoms with Crippen LogP contribution in [0.5, 0.6) is 0 Å². The Labute approximate surface area is 133 Å². The molecule has 1 N–H and O–H groups in total. The summed E-state index contributed by atoms with van der Waals surface area (Å²) in [6.45, 7) is 5.96. The van der Waals surface area contributed by atoms with Gasteiger partial charge in [-0.2, -0.15) is 0 Å². The van der Waals surface area contributed by atoms with E-state index in [-0.39, 0.29) is 6.03 Å². The van der Waals surface area contributed by atoms with Gasteiger partial charge in [0.05, 0.1) is 13.2 Å². The first kappa shape index (κ1) is 16.1. The maximum Gasteiger partial charge on any atom is 0.317 e.